The van der Waals surface area contributed by atoms with Gasteiger partial charge in [-0.2, -0.15) is 0 Å². The molecular formula is C23H23F3N6O5. The fraction of sp³-hybridized carbons (Fsp3) is 0.348. The summed E-state index contributed by atoms with van der Waals surface area (Å²) in [5.41, 5.74) is -0.0736. The highest BCUT2D eigenvalue weighted by Gasteiger charge is 2.43. The zero-order valence-corrected chi connectivity index (χ0v) is 19.7. The molecule has 1 fully saturated rings. The molecule has 4 rings (SSSR count). The number of carbonyl (C=O) groups is 2. The number of hydrogen-bond donors (Lipinski definition) is 3. The molecule has 3 N–H and O–H groups in total. The number of carboxylic acids is 1. The number of carboxylic acid groups (broad SMARTS) is 1. The van der Waals surface area contributed by atoms with E-state index in [9.17, 15) is 27.9 Å². The first-order valence-corrected chi connectivity index (χ1v) is 11.1. The molecule has 1 aliphatic rings. The third-order valence-corrected chi connectivity index (χ3v) is 6.26. The molecule has 37 heavy (non-hydrogen) atoms. The van der Waals surface area contributed by atoms with Crippen molar-refractivity contribution in [1.29, 1.82) is 0 Å². The molecule has 1 aliphatic heterocycles. The Balaban J connectivity index is 1.33. The molecule has 0 saturated carbocycles. The van der Waals surface area contributed by atoms with Crippen LogP contribution in [0.3, 0.4) is 0 Å². The van der Waals surface area contributed by atoms with Crippen LogP contribution in [0.25, 0.3) is 0 Å². The molecule has 14 heteroatoms. The second kappa shape index (κ2) is 9.95. The summed E-state index contributed by atoms with van der Waals surface area (Å²) in [6, 6.07) is 8.05. The van der Waals surface area contributed by atoms with E-state index in [0.717, 1.165) is 12.1 Å². The Morgan fingerprint density at radius 1 is 1.16 bits per heavy atom. The van der Waals surface area contributed by atoms with Gasteiger partial charge in [-0.15, -0.1) is 18.3 Å². The zero-order chi connectivity index (χ0) is 26.8. The molecule has 1 aromatic carbocycles. The first-order chi connectivity index (χ1) is 17.4. The van der Waals surface area contributed by atoms with Gasteiger partial charge in [0.25, 0.3) is 0 Å². The smallest absolute Gasteiger partial charge is 0.481 e. The van der Waals surface area contributed by atoms with Crippen LogP contribution in [0.5, 0.6) is 5.75 Å². The summed E-state index contributed by atoms with van der Waals surface area (Å²) in [6.45, 7) is 4.74. The average Bonchev–Trinajstić information content (AvgIpc) is 3.30. The number of amides is 1. The number of carbonyl (C=O) groups excluding carboxylic acids is 1. The van der Waals surface area contributed by atoms with Crippen molar-refractivity contribution in [2.45, 2.75) is 26.6 Å². The summed E-state index contributed by atoms with van der Waals surface area (Å²) in [6.07, 6.45) is -2.85. The van der Waals surface area contributed by atoms with Crippen LogP contribution in [0.2, 0.25) is 0 Å². The van der Waals surface area contributed by atoms with E-state index in [0.29, 0.717) is 36.7 Å². The van der Waals surface area contributed by atoms with Crippen molar-refractivity contribution in [2.75, 3.05) is 28.6 Å². The number of anilines is 4. The first kappa shape index (κ1) is 25.7. The van der Waals surface area contributed by atoms with Crippen LogP contribution < -0.4 is 20.3 Å². The zero-order valence-electron chi connectivity index (χ0n) is 19.7. The number of piperidine rings is 1. The number of aromatic nitrogens is 3. The standard InChI is InChI=1S/C23H23F3N6O5/c1-13-12-32(10-9-22(13,2)20(34)35)17-8-5-15(11-27-17)28-18(33)19-30-31-21(36-19)29-14-3-6-16(7-4-14)37-23(24,25)26/h3-8,11,13H,9-10,12H2,1-2H3,(H,28,33)(H,29,31)(H,34,35). The average molecular weight is 520 g/mol. The van der Waals surface area contributed by atoms with Crippen LogP contribution in [-0.4, -0.2) is 51.6 Å². The van der Waals surface area contributed by atoms with Gasteiger partial charge in [0.2, 0.25) is 0 Å². The predicted octanol–water partition coefficient (Wildman–Crippen LogP) is 4.30. The maximum atomic E-state index is 12.5. The predicted molar refractivity (Wildman–Crippen MR) is 125 cm³/mol. The highest BCUT2D eigenvalue weighted by atomic mass is 19.4. The van der Waals surface area contributed by atoms with Crippen molar-refractivity contribution in [2.24, 2.45) is 11.3 Å². The molecule has 2 aromatic heterocycles. The lowest BCUT2D eigenvalue weighted by molar-refractivity contribution is -0.274. The minimum absolute atomic E-state index is 0.0774. The van der Waals surface area contributed by atoms with E-state index in [-0.39, 0.29) is 17.8 Å². The van der Waals surface area contributed by atoms with Crippen molar-refractivity contribution in [1.82, 2.24) is 15.2 Å². The molecule has 2 atom stereocenters. The maximum absolute atomic E-state index is 12.5. The highest BCUT2D eigenvalue weighted by Crippen LogP contribution is 2.37. The Morgan fingerprint density at radius 3 is 2.46 bits per heavy atom. The maximum Gasteiger partial charge on any atom is 0.573 e. The molecule has 0 aliphatic carbocycles. The van der Waals surface area contributed by atoms with Crippen molar-refractivity contribution >= 4 is 35.1 Å². The number of pyridine rings is 1. The van der Waals surface area contributed by atoms with Crippen molar-refractivity contribution < 1.29 is 37.0 Å². The molecule has 3 heterocycles. The highest BCUT2D eigenvalue weighted by molar-refractivity contribution is 6.00. The van der Waals surface area contributed by atoms with Gasteiger partial charge in [0.15, 0.2) is 0 Å². The second-order valence-electron chi connectivity index (χ2n) is 8.79. The van der Waals surface area contributed by atoms with Crippen molar-refractivity contribution in [3.8, 4) is 5.75 Å². The lowest BCUT2D eigenvalue weighted by Crippen LogP contribution is -2.49. The van der Waals surface area contributed by atoms with Gasteiger partial charge in [-0.3, -0.25) is 9.59 Å². The summed E-state index contributed by atoms with van der Waals surface area (Å²) >= 11 is 0. The lowest BCUT2D eigenvalue weighted by Gasteiger charge is -2.42. The fourth-order valence-corrected chi connectivity index (χ4v) is 3.82. The van der Waals surface area contributed by atoms with E-state index in [1.165, 1.54) is 18.3 Å². The summed E-state index contributed by atoms with van der Waals surface area (Å²) in [5.74, 6) is -1.65. The Bertz CT molecular complexity index is 1270. The van der Waals surface area contributed by atoms with Crippen LogP contribution in [0.4, 0.5) is 36.4 Å². The van der Waals surface area contributed by atoms with Gasteiger partial charge in [-0.25, -0.2) is 4.98 Å². The summed E-state index contributed by atoms with van der Waals surface area (Å²) < 4.78 is 45.8. The van der Waals surface area contributed by atoms with E-state index in [1.54, 1.807) is 19.1 Å². The van der Waals surface area contributed by atoms with Crippen LogP contribution in [0.1, 0.15) is 31.0 Å². The molecule has 1 amide bonds. The van der Waals surface area contributed by atoms with Gasteiger partial charge in [0, 0.05) is 18.8 Å². The Labute approximate surface area is 208 Å². The van der Waals surface area contributed by atoms with E-state index in [2.05, 4.69) is 30.6 Å². The Kier molecular flexibility index (Phi) is 6.92. The molecule has 196 valence electrons. The van der Waals surface area contributed by atoms with Gasteiger partial charge >= 0.3 is 30.1 Å². The molecule has 2 unspecified atom stereocenters. The van der Waals surface area contributed by atoms with Crippen molar-refractivity contribution in [3.05, 3.63) is 48.5 Å². The largest absolute Gasteiger partial charge is 0.573 e. The molecular weight excluding hydrogens is 497 g/mol. The normalized spacial score (nSPS) is 19.8. The summed E-state index contributed by atoms with van der Waals surface area (Å²) in [4.78, 5) is 30.4. The van der Waals surface area contributed by atoms with E-state index in [1.807, 2.05) is 11.8 Å². The van der Waals surface area contributed by atoms with Crippen LogP contribution in [-0.2, 0) is 4.79 Å². The third kappa shape index (κ3) is 6.08. The molecule has 0 radical (unpaired) electrons. The molecule has 0 spiro atoms. The van der Waals surface area contributed by atoms with Crippen LogP contribution in [0.15, 0.2) is 47.0 Å². The van der Waals surface area contributed by atoms with E-state index in [4.69, 9.17) is 4.42 Å². The van der Waals surface area contributed by atoms with Crippen LogP contribution >= 0.6 is 0 Å². The number of hydrogen-bond acceptors (Lipinski definition) is 9. The molecule has 11 nitrogen and oxygen atoms in total. The molecule has 3 aromatic rings. The van der Waals surface area contributed by atoms with E-state index >= 15 is 0 Å². The van der Waals surface area contributed by atoms with Gasteiger partial charge < -0.3 is 29.8 Å². The van der Waals surface area contributed by atoms with Gasteiger partial charge in [0.05, 0.1) is 17.3 Å². The van der Waals surface area contributed by atoms with Gasteiger partial charge in [-0.05, 0) is 55.7 Å². The quantitative estimate of drug-likeness (QED) is 0.413. The SMILES string of the molecule is CC1CN(c2ccc(NC(=O)c3nnc(Nc4ccc(OC(F)(F)F)cc4)o3)cn2)CCC1(C)C(=O)O. The minimum Gasteiger partial charge on any atom is -0.481 e. The molecule has 1 saturated heterocycles. The number of nitrogens with one attached hydrogen (secondary N) is 2. The lowest BCUT2D eigenvalue weighted by atomic mass is 9.72. The van der Waals surface area contributed by atoms with Gasteiger partial charge in [-0.1, -0.05) is 12.0 Å². The first-order valence-electron chi connectivity index (χ1n) is 11.1. The van der Waals surface area contributed by atoms with Crippen molar-refractivity contribution in [3.63, 3.8) is 0 Å². The Hall–Kier alpha value is -4.36. The summed E-state index contributed by atoms with van der Waals surface area (Å²) in [5, 5.41) is 22.2. The fourth-order valence-electron chi connectivity index (χ4n) is 3.82. The Morgan fingerprint density at radius 2 is 1.86 bits per heavy atom. The number of aliphatic carboxylic acids is 1. The number of benzene rings is 1. The van der Waals surface area contributed by atoms with Crippen LogP contribution in [0, 0.1) is 11.3 Å². The number of rotatable bonds is 7. The van der Waals surface area contributed by atoms with Gasteiger partial charge in [0.1, 0.15) is 11.6 Å². The second-order valence-corrected chi connectivity index (χ2v) is 8.79. The minimum atomic E-state index is -4.80. The summed E-state index contributed by atoms with van der Waals surface area (Å²) in [7, 11) is 0. The number of halogens is 3. The molecule has 0 bridgehead atoms. The number of alkyl halides is 3. The van der Waals surface area contributed by atoms with E-state index < -0.39 is 29.4 Å². The monoisotopic (exact) mass is 520 g/mol. The topological polar surface area (TPSA) is 143 Å². The number of nitrogens with zero attached hydrogens (tertiary/aromatic N) is 4. The number of ether oxygens (including phenoxy) is 1. The third-order valence-electron chi connectivity index (χ3n) is 6.26.